The summed E-state index contributed by atoms with van der Waals surface area (Å²) >= 11 is 3.40. The van der Waals surface area contributed by atoms with Crippen LogP contribution in [0.2, 0.25) is 0 Å². The fourth-order valence-electron chi connectivity index (χ4n) is 2.22. The Hall–Kier alpha value is -1.39. The fraction of sp³-hybridized carbons (Fsp3) is 0.294. The van der Waals surface area contributed by atoms with E-state index >= 15 is 0 Å². The van der Waals surface area contributed by atoms with E-state index in [-0.39, 0.29) is 24.0 Å². The fourth-order valence-corrected chi connectivity index (χ4v) is 3.66. The maximum Gasteiger partial charge on any atom is 0.236 e. The molecule has 1 atom stereocenters. The van der Waals surface area contributed by atoms with Gasteiger partial charge in [0.05, 0.1) is 17.1 Å². The minimum absolute atomic E-state index is 0. The van der Waals surface area contributed by atoms with E-state index in [1.165, 1.54) is 4.88 Å². The third-order valence-corrected chi connectivity index (χ3v) is 5.51. The Bertz CT molecular complexity index is 769. The summed E-state index contributed by atoms with van der Waals surface area (Å²) in [5.41, 5.74) is 0.854. The van der Waals surface area contributed by atoms with Gasteiger partial charge in [-0.3, -0.25) is 4.99 Å². The molecule has 0 aliphatic carbocycles. The lowest BCUT2D eigenvalue weighted by molar-refractivity contribution is 0.573. The highest BCUT2D eigenvalue weighted by atomic mass is 127. The Morgan fingerprint density at radius 2 is 2.04 bits per heavy atom. The lowest BCUT2D eigenvalue weighted by atomic mass is 10.1. The molecule has 0 saturated carbocycles. The predicted molar refractivity (Wildman–Crippen MR) is 116 cm³/mol. The average Bonchev–Trinajstić information content (AvgIpc) is 3.35. The van der Waals surface area contributed by atoms with Crippen LogP contribution in [-0.4, -0.2) is 24.5 Å². The molecule has 0 radical (unpaired) electrons. The zero-order chi connectivity index (χ0) is 16.8. The van der Waals surface area contributed by atoms with Crippen molar-refractivity contribution in [2.24, 2.45) is 4.99 Å². The molecule has 5 nitrogen and oxygen atoms in total. The van der Waals surface area contributed by atoms with Crippen LogP contribution in [0.25, 0.3) is 10.8 Å². The number of rotatable bonds is 6. The Labute approximate surface area is 172 Å². The predicted octanol–water partition coefficient (Wildman–Crippen LogP) is 4.55. The van der Waals surface area contributed by atoms with Crippen molar-refractivity contribution < 1.29 is 4.42 Å². The van der Waals surface area contributed by atoms with E-state index in [4.69, 9.17) is 4.42 Å². The van der Waals surface area contributed by atoms with Crippen molar-refractivity contribution in [2.75, 3.05) is 13.6 Å². The second kappa shape index (κ2) is 9.93. The first-order valence-corrected chi connectivity index (χ1v) is 9.48. The van der Waals surface area contributed by atoms with Gasteiger partial charge in [-0.05, 0) is 22.9 Å². The monoisotopic (exact) mass is 488 g/mol. The lowest BCUT2D eigenvalue weighted by Crippen LogP contribution is -2.38. The molecule has 3 heterocycles. The molecule has 0 aliphatic rings. The Kier molecular flexibility index (Phi) is 7.91. The average molecular weight is 488 g/mol. The molecule has 0 spiro atoms. The van der Waals surface area contributed by atoms with Crippen LogP contribution in [0, 0.1) is 0 Å². The molecular weight excluding hydrogens is 467 g/mol. The Morgan fingerprint density at radius 3 is 2.72 bits per heavy atom. The van der Waals surface area contributed by atoms with Crippen molar-refractivity contribution in [3.8, 4) is 10.8 Å². The van der Waals surface area contributed by atoms with E-state index in [0.29, 0.717) is 18.4 Å². The molecule has 0 saturated heterocycles. The van der Waals surface area contributed by atoms with Gasteiger partial charge in [0.15, 0.2) is 5.96 Å². The molecule has 3 aromatic heterocycles. The molecule has 0 bridgehead atoms. The van der Waals surface area contributed by atoms with Crippen LogP contribution in [0.4, 0.5) is 0 Å². The van der Waals surface area contributed by atoms with Gasteiger partial charge in [-0.2, -0.15) is 0 Å². The number of aromatic nitrogens is 1. The molecule has 1 unspecified atom stereocenters. The van der Waals surface area contributed by atoms with Gasteiger partial charge in [0.2, 0.25) is 5.89 Å². The van der Waals surface area contributed by atoms with Gasteiger partial charge in [-0.25, -0.2) is 4.98 Å². The smallest absolute Gasteiger partial charge is 0.236 e. The third kappa shape index (κ3) is 5.55. The summed E-state index contributed by atoms with van der Waals surface area (Å²) in [4.78, 5) is 11.2. The van der Waals surface area contributed by atoms with Crippen molar-refractivity contribution in [3.05, 3.63) is 51.9 Å². The number of hydrogen-bond acceptors (Lipinski definition) is 5. The van der Waals surface area contributed by atoms with Crippen LogP contribution in [-0.2, 0) is 6.54 Å². The first kappa shape index (κ1) is 19.9. The molecular formula is C17H21IN4OS2. The highest BCUT2D eigenvalue weighted by molar-refractivity contribution is 14.0. The van der Waals surface area contributed by atoms with E-state index in [1.807, 2.05) is 17.5 Å². The second-order valence-electron chi connectivity index (χ2n) is 5.34. The number of hydrogen-bond donors (Lipinski definition) is 2. The van der Waals surface area contributed by atoms with E-state index in [0.717, 1.165) is 23.1 Å². The Morgan fingerprint density at radius 1 is 1.24 bits per heavy atom. The standard InChI is InChI=1S/C17H20N4OS2.HI/c1-12(14-5-3-7-23-14)9-19-17(18-2)20-10-13-11-22-16(21-13)15-6-4-8-24-15;/h3-8,11-12H,9-10H2,1-2H3,(H2,18,19,20);1H. The number of thiophene rings is 2. The van der Waals surface area contributed by atoms with Gasteiger partial charge in [0.25, 0.3) is 0 Å². The summed E-state index contributed by atoms with van der Waals surface area (Å²) in [5.74, 6) is 1.87. The maximum atomic E-state index is 5.52. The molecule has 134 valence electrons. The van der Waals surface area contributed by atoms with Crippen molar-refractivity contribution >= 4 is 52.6 Å². The summed E-state index contributed by atoms with van der Waals surface area (Å²) < 4.78 is 5.52. The van der Waals surface area contributed by atoms with E-state index < -0.39 is 0 Å². The lowest BCUT2D eigenvalue weighted by Gasteiger charge is -2.14. The molecule has 2 N–H and O–H groups in total. The summed E-state index contributed by atoms with van der Waals surface area (Å²) in [7, 11) is 1.77. The zero-order valence-corrected chi connectivity index (χ0v) is 18.0. The van der Waals surface area contributed by atoms with Crippen LogP contribution in [0.3, 0.4) is 0 Å². The number of guanidine groups is 1. The van der Waals surface area contributed by atoms with Gasteiger partial charge in [-0.15, -0.1) is 46.7 Å². The summed E-state index contributed by atoms with van der Waals surface area (Å²) in [6.45, 7) is 3.61. The van der Waals surface area contributed by atoms with Crippen LogP contribution in [0.1, 0.15) is 23.4 Å². The number of nitrogens with zero attached hydrogens (tertiary/aromatic N) is 2. The SMILES string of the molecule is CN=C(NCc1coc(-c2cccs2)n1)NCC(C)c1cccs1.I. The van der Waals surface area contributed by atoms with E-state index in [9.17, 15) is 0 Å². The molecule has 0 amide bonds. The van der Waals surface area contributed by atoms with Gasteiger partial charge in [-0.1, -0.05) is 19.1 Å². The van der Waals surface area contributed by atoms with E-state index in [2.05, 4.69) is 45.0 Å². The van der Waals surface area contributed by atoms with Gasteiger partial charge in [0.1, 0.15) is 6.26 Å². The number of nitrogens with one attached hydrogen (secondary N) is 2. The van der Waals surface area contributed by atoms with Crippen molar-refractivity contribution in [3.63, 3.8) is 0 Å². The minimum Gasteiger partial charge on any atom is -0.443 e. The summed E-state index contributed by atoms with van der Waals surface area (Å²) in [6.07, 6.45) is 1.68. The largest absolute Gasteiger partial charge is 0.443 e. The highest BCUT2D eigenvalue weighted by Gasteiger charge is 2.10. The van der Waals surface area contributed by atoms with Crippen LogP contribution >= 0.6 is 46.7 Å². The topological polar surface area (TPSA) is 62.5 Å². The zero-order valence-electron chi connectivity index (χ0n) is 14.1. The summed E-state index contributed by atoms with van der Waals surface area (Å²) in [6, 6.07) is 8.23. The molecule has 0 aliphatic heterocycles. The van der Waals surface area contributed by atoms with Crippen LogP contribution in [0.5, 0.6) is 0 Å². The molecule has 3 aromatic rings. The highest BCUT2D eigenvalue weighted by Crippen LogP contribution is 2.23. The minimum atomic E-state index is 0. The van der Waals surface area contributed by atoms with Gasteiger partial charge in [0, 0.05) is 24.4 Å². The van der Waals surface area contributed by atoms with Gasteiger partial charge < -0.3 is 15.1 Å². The summed E-state index contributed by atoms with van der Waals surface area (Å²) in [5, 5.41) is 10.7. The molecule has 0 fully saturated rings. The third-order valence-electron chi connectivity index (χ3n) is 3.55. The van der Waals surface area contributed by atoms with Crippen LogP contribution < -0.4 is 10.6 Å². The number of oxazole rings is 1. The van der Waals surface area contributed by atoms with Crippen molar-refractivity contribution in [2.45, 2.75) is 19.4 Å². The van der Waals surface area contributed by atoms with Gasteiger partial charge >= 0.3 is 0 Å². The normalized spacial score (nSPS) is 12.5. The Balaban J connectivity index is 0.00000225. The second-order valence-corrected chi connectivity index (χ2v) is 7.27. The number of halogens is 1. The molecule has 3 rings (SSSR count). The molecule has 8 heteroatoms. The van der Waals surface area contributed by atoms with Crippen molar-refractivity contribution in [1.82, 2.24) is 15.6 Å². The van der Waals surface area contributed by atoms with Crippen molar-refractivity contribution in [1.29, 1.82) is 0 Å². The quantitative estimate of drug-likeness (QED) is 0.304. The maximum absolute atomic E-state index is 5.52. The molecule has 0 aromatic carbocycles. The van der Waals surface area contributed by atoms with Crippen LogP contribution in [0.15, 0.2) is 50.7 Å². The van der Waals surface area contributed by atoms with E-state index in [1.54, 1.807) is 36.0 Å². The first-order valence-electron chi connectivity index (χ1n) is 7.72. The molecule has 25 heavy (non-hydrogen) atoms. The number of aliphatic imine (C=N–C) groups is 1. The first-order chi connectivity index (χ1) is 11.8.